The van der Waals surface area contributed by atoms with Gasteiger partial charge in [0, 0.05) is 5.56 Å². The molecule has 2 rings (SSSR count). The fourth-order valence-electron chi connectivity index (χ4n) is 2.03. The third-order valence-electron chi connectivity index (χ3n) is 3.09. The van der Waals surface area contributed by atoms with E-state index in [-0.39, 0.29) is 0 Å². The van der Waals surface area contributed by atoms with Crippen molar-refractivity contribution in [3.63, 3.8) is 0 Å². The number of aryl methyl sites for hydroxylation is 2. The number of carboxylic acids is 1. The molecule has 0 saturated heterocycles. The lowest BCUT2D eigenvalue weighted by atomic mass is 9.91. The summed E-state index contributed by atoms with van der Waals surface area (Å²) < 4.78 is 5.07. The molecule has 0 radical (unpaired) electrons. The largest absolute Gasteiger partial charge is 0.481 e. The Balaban J connectivity index is 2.31. The highest BCUT2D eigenvalue weighted by atomic mass is 16.5. The average molecular weight is 245 g/mol. The SMILES string of the molecule is Cc1noc(C)c1CC(C(=O)O)c1ccccc1. The van der Waals surface area contributed by atoms with Crippen LogP contribution in [0.2, 0.25) is 0 Å². The van der Waals surface area contributed by atoms with Crippen LogP contribution in [-0.2, 0) is 11.2 Å². The van der Waals surface area contributed by atoms with Gasteiger partial charge in [-0.3, -0.25) is 4.79 Å². The zero-order valence-electron chi connectivity index (χ0n) is 10.4. The number of carboxylic acid groups (broad SMARTS) is 1. The van der Waals surface area contributed by atoms with E-state index >= 15 is 0 Å². The van der Waals surface area contributed by atoms with Gasteiger partial charge in [0.2, 0.25) is 0 Å². The first-order valence-corrected chi connectivity index (χ1v) is 5.79. The molecule has 0 saturated carbocycles. The summed E-state index contributed by atoms with van der Waals surface area (Å²) in [6.45, 7) is 3.63. The number of carbonyl (C=O) groups is 1. The van der Waals surface area contributed by atoms with Gasteiger partial charge in [-0.1, -0.05) is 35.5 Å². The summed E-state index contributed by atoms with van der Waals surface area (Å²) in [6.07, 6.45) is 0.403. The molecule has 0 aliphatic carbocycles. The fraction of sp³-hybridized carbons (Fsp3) is 0.286. The summed E-state index contributed by atoms with van der Waals surface area (Å²) >= 11 is 0. The van der Waals surface area contributed by atoms with E-state index in [0.717, 1.165) is 16.8 Å². The van der Waals surface area contributed by atoms with Crippen LogP contribution in [0.4, 0.5) is 0 Å². The maximum absolute atomic E-state index is 11.4. The molecule has 2 aromatic rings. The predicted octanol–water partition coefficient (Wildman–Crippen LogP) is 2.70. The van der Waals surface area contributed by atoms with Crippen molar-refractivity contribution in [3.05, 3.63) is 52.9 Å². The van der Waals surface area contributed by atoms with Gasteiger partial charge in [-0.25, -0.2) is 0 Å². The van der Waals surface area contributed by atoms with Crippen LogP contribution in [0.3, 0.4) is 0 Å². The summed E-state index contributed by atoms with van der Waals surface area (Å²) in [5.41, 5.74) is 2.44. The molecule has 0 bridgehead atoms. The summed E-state index contributed by atoms with van der Waals surface area (Å²) in [5.74, 6) is -0.709. The molecule has 1 N–H and O–H groups in total. The molecule has 0 fully saturated rings. The second-order valence-electron chi connectivity index (χ2n) is 4.31. The van der Waals surface area contributed by atoms with E-state index in [1.165, 1.54) is 0 Å². The Kier molecular flexibility index (Phi) is 3.46. The van der Waals surface area contributed by atoms with Crippen molar-refractivity contribution >= 4 is 5.97 Å². The number of rotatable bonds is 4. The van der Waals surface area contributed by atoms with Gasteiger partial charge >= 0.3 is 5.97 Å². The van der Waals surface area contributed by atoms with Crippen LogP contribution in [0.5, 0.6) is 0 Å². The molecule has 18 heavy (non-hydrogen) atoms. The number of hydrogen-bond acceptors (Lipinski definition) is 3. The molecule has 0 amide bonds. The lowest BCUT2D eigenvalue weighted by Crippen LogP contribution is -2.15. The van der Waals surface area contributed by atoms with Gasteiger partial charge < -0.3 is 9.63 Å². The zero-order chi connectivity index (χ0) is 13.1. The van der Waals surface area contributed by atoms with Gasteiger partial charge in [-0.05, 0) is 25.8 Å². The lowest BCUT2D eigenvalue weighted by Gasteiger charge is -2.12. The Morgan fingerprint density at radius 2 is 2.00 bits per heavy atom. The maximum atomic E-state index is 11.4. The Morgan fingerprint density at radius 3 is 2.50 bits per heavy atom. The molecule has 1 aromatic heterocycles. The zero-order valence-corrected chi connectivity index (χ0v) is 10.4. The van der Waals surface area contributed by atoms with Crippen molar-refractivity contribution in [3.8, 4) is 0 Å². The number of nitrogens with zero attached hydrogens (tertiary/aromatic N) is 1. The Labute approximate surface area is 105 Å². The van der Waals surface area contributed by atoms with Crippen LogP contribution in [0, 0.1) is 13.8 Å². The minimum atomic E-state index is -0.832. The van der Waals surface area contributed by atoms with E-state index in [4.69, 9.17) is 4.52 Å². The normalized spacial score (nSPS) is 12.3. The molecular formula is C14H15NO3. The van der Waals surface area contributed by atoms with Gasteiger partial charge in [0.05, 0.1) is 11.6 Å². The van der Waals surface area contributed by atoms with Gasteiger partial charge in [0.15, 0.2) is 0 Å². The van der Waals surface area contributed by atoms with Gasteiger partial charge in [-0.2, -0.15) is 0 Å². The first-order chi connectivity index (χ1) is 8.59. The summed E-state index contributed by atoms with van der Waals surface area (Å²) in [7, 11) is 0. The van der Waals surface area contributed by atoms with E-state index in [9.17, 15) is 9.90 Å². The third-order valence-corrected chi connectivity index (χ3v) is 3.09. The molecule has 4 heteroatoms. The van der Waals surface area contributed by atoms with Crippen LogP contribution < -0.4 is 0 Å². The smallest absolute Gasteiger partial charge is 0.311 e. The summed E-state index contributed by atoms with van der Waals surface area (Å²) in [4.78, 5) is 11.4. The molecule has 1 atom stereocenters. The van der Waals surface area contributed by atoms with E-state index in [0.29, 0.717) is 12.2 Å². The molecule has 4 nitrogen and oxygen atoms in total. The Morgan fingerprint density at radius 1 is 1.33 bits per heavy atom. The molecule has 0 aliphatic heterocycles. The Bertz CT molecular complexity index is 526. The summed E-state index contributed by atoms with van der Waals surface area (Å²) in [5, 5.41) is 13.2. The molecule has 1 heterocycles. The standard InChI is InChI=1S/C14H15NO3/c1-9-12(10(2)18-15-9)8-13(14(16)17)11-6-4-3-5-7-11/h3-7,13H,8H2,1-2H3,(H,16,17). The van der Waals surface area contributed by atoms with E-state index in [2.05, 4.69) is 5.16 Å². The van der Waals surface area contributed by atoms with Crippen molar-refractivity contribution in [2.24, 2.45) is 0 Å². The number of aromatic nitrogens is 1. The summed E-state index contributed by atoms with van der Waals surface area (Å²) in [6, 6.07) is 9.23. The van der Waals surface area contributed by atoms with Crippen LogP contribution in [0.1, 0.15) is 28.5 Å². The van der Waals surface area contributed by atoms with Crippen LogP contribution >= 0.6 is 0 Å². The first kappa shape index (κ1) is 12.4. The van der Waals surface area contributed by atoms with E-state index < -0.39 is 11.9 Å². The molecule has 94 valence electrons. The highest BCUT2D eigenvalue weighted by Gasteiger charge is 2.23. The second-order valence-corrected chi connectivity index (χ2v) is 4.31. The second kappa shape index (κ2) is 5.04. The van der Waals surface area contributed by atoms with E-state index in [1.54, 1.807) is 6.92 Å². The monoisotopic (exact) mass is 245 g/mol. The quantitative estimate of drug-likeness (QED) is 0.899. The van der Waals surface area contributed by atoms with Crippen molar-refractivity contribution in [2.45, 2.75) is 26.2 Å². The number of benzene rings is 1. The van der Waals surface area contributed by atoms with E-state index in [1.807, 2.05) is 37.3 Å². The molecular weight excluding hydrogens is 230 g/mol. The van der Waals surface area contributed by atoms with Crippen LogP contribution in [-0.4, -0.2) is 16.2 Å². The predicted molar refractivity (Wildman–Crippen MR) is 66.5 cm³/mol. The number of aliphatic carboxylic acids is 1. The minimum Gasteiger partial charge on any atom is -0.481 e. The molecule has 1 unspecified atom stereocenters. The first-order valence-electron chi connectivity index (χ1n) is 5.79. The molecule has 0 spiro atoms. The molecule has 0 aliphatic rings. The van der Waals surface area contributed by atoms with Crippen molar-refractivity contribution < 1.29 is 14.4 Å². The van der Waals surface area contributed by atoms with Gasteiger partial charge in [0.25, 0.3) is 0 Å². The molecule has 1 aromatic carbocycles. The van der Waals surface area contributed by atoms with Crippen LogP contribution in [0.15, 0.2) is 34.9 Å². The topological polar surface area (TPSA) is 63.3 Å². The van der Waals surface area contributed by atoms with Crippen molar-refractivity contribution in [2.75, 3.05) is 0 Å². The average Bonchev–Trinajstić information content (AvgIpc) is 2.67. The maximum Gasteiger partial charge on any atom is 0.311 e. The lowest BCUT2D eigenvalue weighted by molar-refractivity contribution is -0.138. The highest BCUT2D eigenvalue weighted by Crippen LogP contribution is 2.24. The van der Waals surface area contributed by atoms with Gasteiger partial charge in [-0.15, -0.1) is 0 Å². The Hall–Kier alpha value is -2.10. The minimum absolute atomic E-state index is 0.403. The fourth-order valence-corrected chi connectivity index (χ4v) is 2.03. The number of hydrogen-bond donors (Lipinski definition) is 1. The van der Waals surface area contributed by atoms with Crippen LogP contribution in [0.25, 0.3) is 0 Å². The van der Waals surface area contributed by atoms with Gasteiger partial charge in [0.1, 0.15) is 5.76 Å². The third kappa shape index (κ3) is 2.42. The van der Waals surface area contributed by atoms with Crippen molar-refractivity contribution in [1.82, 2.24) is 5.16 Å². The van der Waals surface area contributed by atoms with Crippen molar-refractivity contribution in [1.29, 1.82) is 0 Å². The highest BCUT2D eigenvalue weighted by molar-refractivity contribution is 5.76.